The van der Waals surface area contributed by atoms with Gasteiger partial charge in [0.15, 0.2) is 18.1 Å². The van der Waals surface area contributed by atoms with Crippen molar-refractivity contribution in [2.45, 2.75) is 13.5 Å². The number of hydrogen-bond donors (Lipinski definition) is 1. The summed E-state index contributed by atoms with van der Waals surface area (Å²) < 4.78 is 29.2. The molecule has 0 aliphatic rings. The van der Waals surface area contributed by atoms with Crippen molar-refractivity contribution in [3.05, 3.63) is 77.7 Å². The van der Waals surface area contributed by atoms with Crippen molar-refractivity contribution in [2.24, 2.45) is 0 Å². The van der Waals surface area contributed by atoms with Gasteiger partial charge in [-0.2, -0.15) is 0 Å². The molecule has 1 aromatic heterocycles. The molecule has 3 rings (SSSR count). The van der Waals surface area contributed by atoms with Crippen LogP contribution in [0.2, 0.25) is 0 Å². The summed E-state index contributed by atoms with van der Waals surface area (Å²) in [5.41, 5.74) is 1.84. The normalized spacial score (nSPS) is 10.3. The number of rotatable bonds is 8. The number of aryl methyl sites for hydroxylation is 1. The summed E-state index contributed by atoms with van der Waals surface area (Å²) in [4.78, 5) is 16.2. The van der Waals surface area contributed by atoms with Gasteiger partial charge < -0.3 is 19.5 Å². The molecule has 0 aliphatic carbocycles. The van der Waals surface area contributed by atoms with Crippen molar-refractivity contribution < 1.29 is 23.4 Å². The topological polar surface area (TPSA) is 69.7 Å². The quantitative estimate of drug-likeness (QED) is 0.623. The summed E-state index contributed by atoms with van der Waals surface area (Å²) in [7, 11) is 1.55. The smallest absolute Gasteiger partial charge is 0.258 e. The van der Waals surface area contributed by atoms with Crippen LogP contribution in [0.4, 0.5) is 4.39 Å². The lowest BCUT2D eigenvalue weighted by molar-refractivity contribution is -0.123. The Bertz CT molecular complexity index is 960. The molecule has 1 heterocycles. The summed E-state index contributed by atoms with van der Waals surface area (Å²) in [6, 6.07) is 14.6. The molecule has 0 fully saturated rings. The number of ether oxygens (including phenoxy) is 3. The van der Waals surface area contributed by atoms with Crippen molar-refractivity contribution in [1.82, 2.24) is 10.3 Å². The van der Waals surface area contributed by atoms with E-state index in [4.69, 9.17) is 14.2 Å². The molecule has 0 atom stereocenters. The predicted octanol–water partition coefficient (Wildman–Crippen LogP) is 4.03. The Kier molecular flexibility index (Phi) is 6.63. The predicted molar refractivity (Wildman–Crippen MR) is 106 cm³/mol. The lowest BCUT2D eigenvalue weighted by Gasteiger charge is -2.11. The molecule has 150 valence electrons. The van der Waals surface area contributed by atoms with E-state index in [9.17, 15) is 9.18 Å². The standard InChI is InChI=1S/C22H21FN2O4/c1-15-3-9-19(20(11-15)27-2)28-14-21(26)24-12-16-4-10-22(25-13-16)29-18-7-5-17(23)6-8-18/h3-11,13H,12,14H2,1-2H3,(H,24,26). The highest BCUT2D eigenvalue weighted by atomic mass is 19.1. The Hall–Kier alpha value is -3.61. The van der Waals surface area contributed by atoms with Crippen molar-refractivity contribution in [3.8, 4) is 23.1 Å². The highest BCUT2D eigenvalue weighted by Crippen LogP contribution is 2.27. The number of pyridine rings is 1. The summed E-state index contributed by atoms with van der Waals surface area (Å²) in [6.07, 6.45) is 1.60. The van der Waals surface area contributed by atoms with Gasteiger partial charge in [-0.1, -0.05) is 12.1 Å². The van der Waals surface area contributed by atoms with Crippen LogP contribution in [0.3, 0.4) is 0 Å². The third kappa shape index (κ3) is 5.93. The molecule has 29 heavy (non-hydrogen) atoms. The maximum absolute atomic E-state index is 12.9. The van der Waals surface area contributed by atoms with Gasteiger partial charge in [0.2, 0.25) is 5.88 Å². The van der Waals surface area contributed by atoms with E-state index in [0.717, 1.165) is 11.1 Å². The molecule has 0 bridgehead atoms. The van der Waals surface area contributed by atoms with Crippen LogP contribution < -0.4 is 19.5 Å². The highest BCUT2D eigenvalue weighted by molar-refractivity contribution is 5.77. The van der Waals surface area contributed by atoms with Gasteiger partial charge in [0.1, 0.15) is 11.6 Å². The average molecular weight is 396 g/mol. The van der Waals surface area contributed by atoms with Crippen molar-refractivity contribution >= 4 is 5.91 Å². The van der Waals surface area contributed by atoms with Gasteiger partial charge >= 0.3 is 0 Å². The third-order valence-corrected chi connectivity index (χ3v) is 4.00. The van der Waals surface area contributed by atoms with Crippen LogP contribution in [0, 0.1) is 12.7 Å². The Balaban J connectivity index is 1.47. The molecule has 6 nitrogen and oxygen atoms in total. The number of benzene rings is 2. The molecule has 3 aromatic rings. The van der Waals surface area contributed by atoms with Gasteiger partial charge in [0.25, 0.3) is 5.91 Å². The number of aromatic nitrogens is 1. The van der Waals surface area contributed by atoms with Crippen molar-refractivity contribution in [2.75, 3.05) is 13.7 Å². The fourth-order valence-electron chi connectivity index (χ4n) is 2.49. The monoisotopic (exact) mass is 396 g/mol. The van der Waals surface area contributed by atoms with E-state index in [0.29, 0.717) is 29.7 Å². The fourth-order valence-corrected chi connectivity index (χ4v) is 2.49. The molecule has 0 saturated heterocycles. The van der Waals surface area contributed by atoms with Gasteiger partial charge in [-0.3, -0.25) is 4.79 Å². The fraction of sp³-hybridized carbons (Fsp3) is 0.182. The molecule has 0 spiro atoms. The van der Waals surface area contributed by atoms with E-state index < -0.39 is 0 Å². The molecule has 0 radical (unpaired) electrons. The van der Waals surface area contributed by atoms with Crippen LogP contribution in [-0.4, -0.2) is 24.6 Å². The zero-order valence-electron chi connectivity index (χ0n) is 16.1. The SMILES string of the molecule is COc1cc(C)ccc1OCC(=O)NCc1ccc(Oc2ccc(F)cc2)nc1. The number of carbonyl (C=O) groups is 1. The number of halogens is 1. The average Bonchev–Trinajstić information content (AvgIpc) is 2.74. The van der Waals surface area contributed by atoms with E-state index in [1.54, 1.807) is 31.5 Å². The van der Waals surface area contributed by atoms with Crippen LogP contribution in [0.5, 0.6) is 23.1 Å². The molecular formula is C22H21FN2O4. The van der Waals surface area contributed by atoms with E-state index in [-0.39, 0.29) is 18.3 Å². The van der Waals surface area contributed by atoms with E-state index in [2.05, 4.69) is 10.3 Å². The first-order valence-electron chi connectivity index (χ1n) is 8.96. The van der Waals surface area contributed by atoms with Crippen LogP contribution in [-0.2, 0) is 11.3 Å². The third-order valence-electron chi connectivity index (χ3n) is 4.00. The first-order chi connectivity index (χ1) is 14.0. The number of nitrogens with zero attached hydrogens (tertiary/aromatic N) is 1. The Morgan fingerprint density at radius 3 is 2.55 bits per heavy atom. The summed E-state index contributed by atoms with van der Waals surface area (Å²) in [5, 5.41) is 2.77. The van der Waals surface area contributed by atoms with Crippen LogP contribution in [0.1, 0.15) is 11.1 Å². The molecule has 0 aliphatic heterocycles. The Labute approximate surface area is 168 Å². The molecule has 2 aromatic carbocycles. The highest BCUT2D eigenvalue weighted by Gasteiger charge is 2.08. The van der Waals surface area contributed by atoms with Crippen molar-refractivity contribution in [1.29, 1.82) is 0 Å². The molecular weight excluding hydrogens is 375 g/mol. The number of amides is 1. The van der Waals surface area contributed by atoms with Gasteiger partial charge in [-0.25, -0.2) is 9.37 Å². The first-order valence-corrected chi connectivity index (χ1v) is 8.96. The maximum atomic E-state index is 12.9. The van der Waals surface area contributed by atoms with E-state index in [1.165, 1.54) is 24.3 Å². The first kappa shape index (κ1) is 20.1. The lowest BCUT2D eigenvalue weighted by Crippen LogP contribution is -2.28. The van der Waals surface area contributed by atoms with Gasteiger partial charge in [-0.15, -0.1) is 0 Å². The molecule has 0 saturated carbocycles. The number of carbonyl (C=O) groups excluding carboxylic acids is 1. The lowest BCUT2D eigenvalue weighted by atomic mass is 10.2. The minimum atomic E-state index is -0.332. The van der Waals surface area contributed by atoms with Gasteiger partial charge in [-0.05, 0) is 54.4 Å². The zero-order valence-corrected chi connectivity index (χ0v) is 16.1. The summed E-state index contributed by atoms with van der Waals surface area (Å²) in [5.74, 6) is 1.36. The maximum Gasteiger partial charge on any atom is 0.258 e. The number of nitrogens with one attached hydrogen (secondary N) is 1. The molecule has 1 amide bonds. The van der Waals surface area contributed by atoms with Crippen molar-refractivity contribution in [3.63, 3.8) is 0 Å². The minimum Gasteiger partial charge on any atom is -0.493 e. The van der Waals surface area contributed by atoms with E-state index >= 15 is 0 Å². The van der Waals surface area contributed by atoms with E-state index in [1.807, 2.05) is 19.1 Å². The second-order valence-corrected chi connectivity index (χ2v) is 6.28. The Morgan fingerprint density at radius 1 is 1.07 bits per heavy atom. The van der Waals surface area contributed by atoms with Gasteiger partial charge in [0.05, 0.1) is 7.11 Å². The minimum absolute atomic E-state index is 0.126. The molecule has 1 N–H and O–H groups in total. The summed E-state index contributed by atoms with van der Waals surface area (Å²) >= 11 is 0. The second-order valence-electron chi connectivity index (χ2n) is 6.28. The van der Waals surface area contributed by atoms with Crippen LogP contribution in [0.25, 0.3) is 0 Å². The zero-order chi connectivity index (χ0) is 20.6. The van der Waals surface area contributed by atoms with Crippen LogP contribution >= 0.6 is 0 Å². The second kappa shape index (κ2) is 9.54. The number of methoxy groups -OCH3 is 1. The molecule has 0 unspecified atom stereocenters. The number of hydrogen-bond acceptors (Lipinski definition) is 5. The largest absolute Gasteiger partial charge is 0.493 e. The molecule has 7 heteroatoms. The summed E-state index contributed by atoms with van der Waals surface area (Å²) in [6.45, 7) is 2.12. The Morgan fingerprint density at radius 2 is 1.86 bits per heavy atom. The van der Waals surface area contributed by atoms with Crippen LogP contribution in [0.15, 0.2) is 60.8 Å². The van der Waals surface area contributed by atoms with Gasteiger partial charge in [0, 0.05) is 18.8 Å².